The summed E-state index contributed by atoms with van der Waals surface area (Å²) in [5.41, 5.74) is 0.463. The van der Waals surface area contributed by atoms with Crippen LogP contribution in [-0.2, 0) is 4.79 Å². The number of carbonyl (C=O) groups excluding carboxylic acids is 2. The van der Waals surface area contributed by atoms with Gasteiger partial charge in [0.1, 0.15) is 0 Å². The van der Waals surface area contributed by atoms with Crippen molar-refractivity contribution in [2.45, 2.75) is 6.92 Å². The van der Waals surface area contributed by atoms with E-state index < -0.39 is 0 Å². The number of nitrogens with one attached hydrogen (secondary N) is 1. The summed E-state index contributed by atoms with van der Waals surface area (Å²) in [4.78, 5) is 21.8. The van der Waals surface area contributed by atoms with Gasteiger partial charge in [-0.05, 0) is 18.2 Å². The van der Waals surface area contributed by atoms with Gasteiger partial charge in [-0.15, -0.1) is 0 Å². The van der Waals surface area contributed by atoms with Gasteiger partial charge in [-0.1, -0.05) is 22.0 Å². The fourth-order valence-electron chi connectivity index (χ4n) is 0.862. The Hall–Kier alpha value is -1.16. The van der Waals surface area contributed by atoms with Gasteiger partial charge in [-0.3, -0.25) is 14.9 Å². The summed E-state index contributed by atoms with van der Waals surface area (Å²) in [6.07, 6.45) is 0. The number of halogens is 1. The standard InChI is InChI=1S/C9H8BrNO2/c1-6(12)11-9(13)7-3-2-4-8(10)5-7/h2-5H,1H3,(H,11,12,13). The summed E-state index contributed by atoms with van der Waals surface area (Å²) in [7, 11) is 0. The molecule has 0 fully saturated rings. The zero-order chi connectivity index (χ0) is 9.84. The van der Waals surface area contributed by atoms with Gasteiger partial charge in [0.25, 0.3) is 5.91 Å². The van der Waals surface area contributed by atoms with Crippen molar-refractivity contribution in [2.75, 3.05) is 0 Å². The number of rotatable bonds is 1. The molecule has 3 nitrogen and oxygen atoms in total. The lowest BCUT2D eigenvalue weighted by molar-refractivity contribution is -0.118. The van der Waals surface area contributed by atoms with Crippen LogP contribution in [0.15, 0.2) is 28.7 Å². The van der Waals surface area contributed by atoms with Gasteiger partial charge >= 0.3 is 0 Å². The number of hydrogen-bond acceptors (Lipinski definition) is 2. The molecular formula is C9H8BrNO2. The van der Waals surface area contributed by atoms with Crippen LogP contribution in [0, 0.1) is 0 Å². The molecule has 0 aliphatic rings. The third-order valence-electron chi connectivity index (χ3n) is 1.38. The third-order valence-corrected chi connectivity index (χ3v) is 1.87. The van der Waals surface area contributed by atoms with Crippen LogP contribution in [0.4, 0.5) is 0 Å². The van der Waals surface area contributed by atoms with Crippen molar-refractivity contribution in [1.82, 2.24) is 5.32 Å². The lowest BCUT2D eigenvalue weighted by Crippen LogP contribution is -2.27. The van der Waals surface area contributed by atoms with E-state index in [9.17, 15) is 9.59 Å². The fraction of sp³-hybridized carbons (Fsp3) is 0.111. The van der Waals surface area contributed by atoms with Crippen LogP contribution < -0.4 is 5.32 Å². The first-order chi connectivity index (χ1) is 6.09. The Morgan fingerprint density at radius 2 is 2.08 bits per heavy atom. The average Bonchev–Trinajstić information content (AvgIpc) is 2.03. The fourth-order valence-corrected chi connectivity index (χ4v) is 1.26. The van der Waals surface area contributed by atoms with Gasteiger partial charge in [-0.2, -0.15) is 0 Å². The first kappa shape index (κ1) is 9.92. The predicted molar refractivity (Wildman–Crippen MR) is 52.3 cm³/mol. The normalized spacial score (nSPS) is 9.38. The minimum Gasteiger partial charge on any atom is -0.293 e. The van der Waals surface area contributed by atoms with Gasteiger partial charge in [0.2, 0.25) is 5.91 Å². The number of carbonyl (C=O) groups is 2. The van der Waals surface area contributed by atoms with Crippen molar-refractivity contribution in [2.24, 2.45) is 0 Å². The topological polar surface area (TPSA) is 46.2 Å². The molecular weight excluding hydrogens is 234 g/mol. The number of imide groups is 1. The Morgan fingerprint density at radius 3 is 2.62 bits per heavy atom. The molecule has 0 bridgehead atoms. The summed E-state index contributed by atoms with van der Waals surface area (Å²) >= 11 is 3.23. The van der Waals surface area contributed by atoms with Crippen molar-refractivity contribution in [3.63, 3.8) is 0 Å². The van der Waals surface area contributed by atoms with E-state index in [1.54, 1.807) is 18.2 Å². The first-order valence-electron chi connectivity index (χ1n) is 3.67. The van der Waals surface area contributed by atoms with E-state index in [0.29, 0.717) is 5.56 Å². The molecule has 0 aliphatic carbocycles. The van der Waals surface area contributed by atoms with Crippen molar-refractivity contribution in [3.05, 3.63) is 34.3 Å². The second kappa shape index (κ2) is 4.18. The highest BCUT2D eigenvalue weighted by Gasteiger charge is 2.06. The van der Waals surface area contributed by atoms with Crippen LogP contribution in [-0.4, -0.2) is 11.8 Å². The highest BCUT2D eigenvalue weighted by molar-refractivity contribution is 9.10. The molecule has 1 N–H and O–H groups in total. The van der Waals surface area contributed by atoms with Gasteiger partial charge < -0.3 is 0 Å². The lowest BCUT2D eigenvalue weighted by Gasteiger charge is -2.00. The smallest absolute Gasteiger partial charge is 0.257 e. The summed E-state index contributed by atoms with van der Waals surface area (Å²) in [5.74, 6) is -0.737. The monoisotopic (exact) mass is 241 g/mol. The number of benzene rings is 1. The Morgan fingerprint density at radius 1 is 1.38 bits per heavy atom. The van der Waals surface area contributed by atoms with Crippen molar-refractivity contribution >= 4 is 27.7 Å². The Labute approximate surface area is 84.3 Å². The Bertz CT molecular complexity index is 349. The summed E-state index contributed by atoms with van der Waals surface area (Å²) < 4.78 is 0.809. The molecule has 2 amide bonds. The Balaban J connectivity index is 2.83. The summed E-state index contributed by atoms with van der Waals surface area (Å²) in [6.45, 7) is 1.30. The van der Waals surface area contributed by atoms with Gasteiger partial charge in [0, 0.05) is 17.0 Å². The minimum absolute atomic E-state index is 0.357. The molecule has 0 atom stereocenters. The number of hydrogen-bond donors (Lipinski definition) is 1. The largest absolute Gasteiger partial charge is 0.293 e. The zero-order valence-electron chi connectivity index (χ0n) is 7.00. The highest BCUT2D eigenvalue weighted by atomic mass is 79.9. The van der Waals surface area contributed by atoms with Crippen LogP contribution in [0.2, 0.25) is 0 Å². The van der Waals surface area contributed by atoms with E-state index in [1.165, 1.54) is 6.92 Å². The summed E-state index contributed by atoms with van der Waals surface area (Å²) in [6, 6.07) is 6.84. The molecule has 1 aromatic carbocycles. The molecule has 0 saturated carbocycles. The van der Waals surface area contributed by atoms with Gasteiger partial charge in [0.15, 0.2) is 0 Å². The van der Waals surface area contributed by atoms with E-state index in [2.05, 4.69) is 21.2 Å². The maximum Gasteiger partial charge on any atom is 0.257 e. The SMILES string of the molecule is CC(=O)NC(=O)c1cccc(Br)c1. The minimum atomic E-state index is -0.381. The van der Waals surface area contributed by atoms with Gasteiger partial charge in [0.05, 0.1) is 0 Å². The maximum absolute atomic E-state index is 11.3. The maximum atomic E-state index is 11.3. The molecule has 0 saturated heterocycles. The third kappa shape index (κ3) is 2.99. The Kier molecular flexibility index (Phi) is 3.19. The first-order valence-corrected chi connectivity index (χ1v) is 4.46. The molecule has 0 spiro atoms. The molecule has 1 rings (SSSR count). The van der Waals surface area contributed by atoms with Crippen LogP contribution >= 0.6 is 15.9 Å². The quantitative estimate of drug-likeness (QED) is 0.814. The van der Waals surface area contributed by atoms with E-state index in [1.807, 2.05) is 6.07 Å². The molecule has 1 aromatic rings. The molecule has 0 radical (unpaired) electrons. The number of amides is 2. The van der Waals surface area contributed by atoms with Crippen LogP contribution in [0.3, 0.4) is 0 Å². The molecule has 0 aliphatic heterocycles. The second-order valence-electron chi connectivity index (χ2n) is 2.52. The van der Waals surface area contributed by atoms with Crippen molar-refractivity contribution in [1.29, 1.82) is 0 Å². The van der Waals surface area contributed by atoms with Crippen molar-refractivity contribution in [3.8, 4) is 0 Å². The zero-order valence-corrected chi connectivity index (χ0v) is 8.59. The predicted octanol–water partition coefficient (Wildman–Crippen LogP) is 1.73. The van der Waals surface area contributed by atoms with Gasteiger partial charge in [-0.25, -0.2) is 0 Å². The molecule has 13 heavy (non-hydrogen) atoms. The van der Waals surface area contributed by atoms with Crippen molar-refractivity contribution < 1.29 is 9.59 Å². The lowest BCUT2D eigenvalue weighted by atomic mass is 10.2. The van der Waals surface area contributed by atoms with E-state index in [0.717, 1.165) is 4.47 Å². The average molecular weight is 242 g/mol. The van der Waals surface area contributed by atoms with Crippen LogP contribution in [0.1, 0.15) is 17.3 Å². The second-order valence-corrected chi connectivity index (χ2v) is 3.44. The molecule has 0 unspecified atom stereocenters. The van der Waals surface area contributed by atoms with E-state index in [-0.39, 0.29) is 11.8 Å². The molecule has 0 heterocycles. The van der Waals surface area contributed by atoms with E-state index in [4.69, 9.17) is 0 Å². The molecule has 0 aromatic heterocycles. The van der Waals surface area contributed by atoms with E-state index >= 15 is 0 Å². The van der Waals surface area contributed by atoms with Crippen LogP contribution in [0.25, 0.3) is 0 Å². The van der Waals surface area contributed by atoms with Crippen LogP contribution in [0.5, 0.6) is 0 Å². The molecule has 4 heteroatoms. The summed E-state index contributed by atoms with van der Waals surface area (Å²) in [5, 5.41) is 2.19. The molecule has 68 valence electrons. The highest BCUT2D eigenvalue weighted by Crippen LogP contribution is 2.11.